The Morgan fingerprint density at radius 1 is 1.25 bits per heavy atom. The first-order valence-corrected chi connectivity index (χ1v) is 10.4. The van der Waals surface area contributed by atoms with Crippen LogP contribution in [0.3, 0.4) is 0 Å². The molecular formula is C18H28BN3O5S. The van der Waals surface area contributed by atoms with Crippen molar-refractivity contribution in [1.82, 2.24) is 14.9 Å². The molecule has 0 saturated carbocycles. The molecule has 3 rings (SSSR count). The molecule has 0 bridgehead atoms. The highest BCUT2D eigenvalue weighted by atomic mass is 32.2. The molecule has 154 valence electrons. The quantitative estimate of drug-likeness (QED) is 0.526. The van der Waals surface area contributed by atoms with Crippen molar-refractivity contribution in [3.63, 3.8) is 0 Å². The molecule has 0 radical (unpaired) electrons. The predicted octanol–water partition coefficient (Wildman–Crippen LogP) is 0.212. The van der Waals surface area contributed by atoms with Crippen molar-refractivity contribution in [2.24, 2.45) is 0 Å². The van der Waals surface area contributed by atoms with Crippen LogP contribution in [0.15, 0.2) is 17.6 Å². The lowest BCUT2D eigenvalue weighted by Crippen LogP contribution is -2.45. The van der Waals surface area contributed by atoms with Crippen LogP contribution >= 0.6 is 11.8 Å². The lowest BCUT2D eigenvalue weighted by atomic mass is 9.81. The number of likely N-dealkylation sites (tertiary alicyclic amines) is 1. The average Bonchev–Trinajstić information content (AvgIpc) is 2.89. The second-order valence-corrected chi connectivity index (χ2v) is 9.50. The van der Waals surface area contributed by atoms with Crippen LogP contribution in [0.2, 0.25) is 0 Å². The van der Waals surface area contributed by atoms with Gasteiger partial charge in [0.25, 0.3) is 5.91 Å². The van der Waals surface area contributed by atoms with E-state index in [2.05, 4.69) is 9.97 Å². The van der Waals surface area contributed by atoms with Crippen LogP contribution in [0.5, 0.6) is 0 Å². The molecule has 1 amide bonds. The smallest absolute Gasteiger partial charge is 0.399 e. The molecule has 10 heteroatoms. The van der Waals surface area contributed by atoms with Crippen LogP contribution in [-0.4, -0.2) is 80.4 Å². The van der Waals surface area contributed by atoms with Gasteiger partial charge in [-0.05, 0) is 40.5 Å². The highest BCUT2D eigenvalue weighted by Crippen LogP contribution is 2.36. The third-order valence-electron chi connectivity index (χ3n) is 5.66. The number of piperidine rings is 1. The van der Waals surface area contributed by atoms with Crippen LogP contribution in [0.25, 0.3) is 0 Å². The summed E-state index contributed by atoms with van der Waals surface area (Å²) in [5.41, 5.74) is -0.0124. The summed E-state index contributed by atoms with van der Waals surface area (Å²) in [4.78, 5) is 22.4. The lowest BCUT2D eigenvalue weighted by Gasteiger charge is -2.32. The van der Waals surface area contributed by atoms with E-state index in [1.807, 2.05) is 27.7 Å². The topological polar surface area (TPSA) is 105 Å². The molecule has 2 aliphatic rings. The molecule has 0 aliphatic carbocycles. The fourth-order valence-corrected chi connectivity index (χ4v) is 4.09. The van der Waals surface area contributed by atoms with Crippen molar-refractivity contribution in [2.75, 3.05) is 19.7 Å². The summed E-state index contributed by atoms with van der Waals surface area (Å²) in [7, 11) is -0.476. The van der Waals surface area contributed by atoms with Gasteiger partial charge in [0.05, 0.1) is 17.8 Å². The molecule has 0 aromatic carbocycles. The number of amides is 1. The highest BCUT2D eigenvalue weighted by molar-refractivity contribution is 7.99. The van der Waals surface area contributed by atoms with Crippen LogP contribution in [0.4, 0.5) is 0 Å². The minimum absolute atomic E-state index is 0.304. The number of aromatic nitrogens is 2. The summed E-state index contributed by atoms with van der Waals surface area (Å²) in [6.07, 6.45) is 3.74. The van der Waals surface area contributed by atoms with Crippen LogP contribution in [0.1, 0.15) is 40.5 Å². The van der Waals surface area contributed by atoms with E-state index in [1.54, 1.807) is 29.1 Å². The number of hydrogen-bond donors (Lipinski definition) is 2. The second-order valence-electron chi connectivity index (χ2n) is 8.23. The zero-order chi connectivity index (χ0) is 20.5. The largest absolute Gasteiger partial charge is 0.498 e. The van der Waals surface area contributed by atoms with Gasteiger partial charge in [0.15, 0.2) is 11.3 Å². The maximum atomic E-state index is 11.9. The number of carbonyl (C=O) groups is 1. The molecule has 2 N–H and O–H groups in total. The van der Waals surface area contributed by atoms with Gasteiger partial charge in [-0.2, -0.15) is 0 Å². The molecule has 1 aromatic heterocycles. The molecule has 1 aromatic rings. The third kappa shape index (κ3) is 4.51. The Labute approximate surface area is 170 Å². The molecule has 1 atom stereocenters. The number of aliphatic hydroxyl groups is 2. The van der Waals surface area contributed by atoms with Gasteiger partial charge in [-0.25, -0.2) is 9.97 Å². The summed E-state index contributed by atoms with van der Waals surface area (Å²) >= 11 is 1.59. The van der Waals surface area contributed by atoms with Crippen molar-refractivity contribution in [3.8, 4) is 0 Å². The van der Waals surface area contributed by atoms with Gasteiger partial charge in [0.2, 0.25) is 0 Å². The number of hydrogen-bond acceptors (Lipinski definition) is 8. The lowest BCUT2D eigenvalue weighted by molar-refractivity contribution is -0.142. The van der Waals surface area contributed by atoms with E-state index in [4.69, 9.17) is 14.4 Å². The first-order valence-electron chi connectivity index (χ1n) is 9.55. The van der Waals surface area contributed by atoms with Crippen molar-refractivity contribution in [3.05, 3.63) is 12.4 Å². The highest BCUT2D eigenvalue weighted by Gasteiger charge is 2.52. The van der Waals surface area contributed by atoms with Gasteiger partial charge < -0.3 is 24.4 Å². The Kier molecular flexibility index (Phi) is 6.36. The number of rotatable bonds is 5. The zero-order valence-electron chi connectivity index (χ0n) is 16.8. The minimum atomic E-state index is -1.32. The molecule has 2 aliphatic heterocycles. The Bertz CT molecular complexity index is 679. The van der Waals surface area contributed by atoms with E-state index < -0.39 is 36.9 Å². The maximum absolute atomic E-state index is 11.9. The normalized spacial score (nSPS) is 23.1. The Morgan fingerprint density at radius 3 is 2.29 bits per heavy atom. The van der Waals surface area contributed by atoms with Crippen LogP contribution in [-0.2, 0) is 14.1 Å². The summed E-state index contributed by atoms with van der Waals surface area (Å²) in [5.74, 6) is -0.408. The number of thioether (sulfide) groups is 1. The molecule has 2 fully saturated rings. The standard InChI is InChI=1S/C18H28BN3O5S/c1-17(2)18(3,4)27-19(26-17)12-9-20-16(21-10-12)28-13-5-7-22(8-6-13)15(25)14(24)11-23/h9-10,13-14,23-24H,5-8,11H2,1-4H3. The minimum Gasteiger partial charge on any atom is -0.399 e. The van der Waals surface area contributed by atoms with Gasteiger partial charge in [-0.15, -0.1) is 0 Å². The fraction of sp³-hybridized carbons (Fsp3) is 0.722. The predicted molar refractivity (Wildman–Crippen MR) is 106 cm³/mol. The number of nitrogens with zero attached hydrogens (tertiary/aromatic N) is 3. The molecule has 0 spiro atoms. The molecule has 28 heavy (non-hydrogen) atoms. The number of aliphatic hydroxyl groups excluding tert-OH is 2. The average molecular weight is 409 g/mol. The summed E-state index contributed by atoms with van der Waals surface area (Å²) < 4.78 is 12.0. The molecule has 8 nitrogen and oxygen atoms in total. The molecule has 2 saturated heterocycles. The number of carbonyl (C=O) groups excluding carboxylic acids is 1. The van der Waals surface area contributed by atoms with E-state index in [9.17, 15) is 9.90 Å². The van der Waals surface area contributed by atoms with Crippen LogP contribution in [0, 0.1) is 0 Å². The fourth-order valence-electron chi connectivity index (χ4n) is 3.12. The second kappa shape index (κ2) is 8.27. The van der Waals surface area contributed by atoms with Crippen molar-refractivity contribution in [2.45, 2.75) is 68.2 Å². The van der Waals surface area contributed by atoms with Gasteiger partial charge in [-0.1, -0.05) is 11.8 Å². The van der Waals surface area contributed by atoms with Gasteiger partial charge >= 0.3 is 7.12 Å². The Balaban J connectivity index is 1.53. The van der Waals surface area contributed by atoms with Crippen molar-refractivity contribution < 1.29 is 24.3 Å². The van der Waals surface area contributed by atoms with Gasteiger partial charge in [0.1, 0.15) is 0 Å². The van der Waals surface area contributed by atoms with Crippen molar-refractivity contribution >= 4 is 30.3 Å². The molecule has 3 heterocycles. The summed E-state index contributed by atoms with van der Waals surface area (Å²) in [6.45, 7) is 8.60. The van der Waals surface area contributed by atoms with E-state index in [0.29, 0.717) is 23.5 Å². The Morgan fingerprint density at radius 2 is 1.79 bits per heavy atom. The molecular weight excluding hydrogens is 381 g/mol. The van der Waals surface area contributed by atoms with E-state index in [1.165, 1.54) is 0 Å². The molecule has 1 unspecified atom stereocenters. The van der Waals surface area contributed by atoms with Crippen LogP contribution < -0.4 is 5.46 Å². The van der Waals surface area contributed by atoms with E-state index >= 15 is 0 Å². The third-order valence-corrected chi connectivity index (χ3v) is 6.88. The summed E-state index contributed by atoms with van der Waals surface area (Å²) in [6, 6.07) is 0. The monoisotopic (exact) mass is 409 g/mol. The Hall–Kier alpha value is -1.20. The zero-order valence-corrected chi connectivity index (χ0v) is 17.6. The first-order chi connectivity index (χ1) is 13.1. The maximum Gasteiger partial charge on any atom is 0.498 e. The summed E-state index contributed by atoms with van der Waals surface area (Å²) in [5, 5.41) is 19.4. The van der Waals surface area contributed by atoms with E-state index in [0.717, 1.165) is 18.3 Å². The van der Waals surface area contributed by atoms with E-state index in [-0.39, 0.29) is 0 Å². The first kappa shape index (κ1) is 21.5. The SMILES string of the molecule is CC1(C)OB(c2cnc(SC3CCN(C(=O)C(O)CO)CC3)nc2)OC1(C)C. The van der Waals surface area contributed by atoms with Crippen molar-refractivity contribution in [1.29, 1.82) is 0 Å². The van der Waals surface area contributed by atoms with Gasteiger partial charge in [0, 0.05) is 36.2 Å². The van der Waals surface area contributed by atoms with Gasteiger partial charge in [-0.3, -0.25) is 4.79 Å².